The van der Waals surface area contributed by atoms with E-state index in [1.165, 1.54) is 6.07 Å². The van der Waals surface area contributed by atoms with E-state index in [0.717, 1.165) is 22.9 Å². The van der Waals surface area contributed by atoms with Crippen LogP contribution in [0.1, 0.15) is 28.9 Å². The lowest BCUT2D eigenvalue weighted by Gasteiger charge is -2.15. The van der Waals surface area contributed by atoms with Gasteiger partial charge in [0.25, 0.3) is 5.91 Å². The second kappa shape index (κ2) is 7.95. The Labute approximate surface area is 155 Å². The molecule has 0 saturated carbocycles. The Morgan fingerprint density at radius 1 is 0.926 bits per heavy atom. The lowest BCUT2D eigenvalue weighted by molar-refractivity contribution is -0.120. The van der Waals surface area contributed by atoms with Crippen molar-refractivity contribution in [1.29, 1.82) is 0 Å². The average Bonchev–Trinajstić information content (AvgIpc) is 2.67. The largest absolute Gasteiger partial charge is 0.348 e. The third-order valence-electron chi connectivity index (χ3n) is 4.24. The molecule has 2 N–H and O–H groups in total. The van der Waals surface area contributed by atoms with Crippen LogP contribution in [0.4, 0.5) is 8.78 Å². The van der Waals surface area contributed by atoms with Gasteiger partial charge >= 0.3 is 0 Å². The van der Waals surface area contributed by atoms with Crippen molar-refractivity contribution in [1.82, 2.24) is 10.6 Å². The second-order valence-corrected chi connectivity index (χ2v) is 6.21. The molecule has 6 heteroatoms. The number of nitrogens with one attached hydrogen (secondary N) is 2. The molecular weight excluding hydrogens is 350 g/mol. The Morgan fingerprint density at radius 3 is 2.41 bits per heavy atom. The van der Waals surface area contributed by atoms with Gasteiger partial charge in [-0.25, -0.2) is 8.78 Å². The minimum atomic E-state index is -0.974. The molecular formula is C21H18F2N2O2. The molecule has 3 aromatic rings. The third-order valence-corrected chi connectivity index (χ3v) is 4.24. The van der Waals surface area contributed by atoms with Crippen LogP contribution in [-0.2, 0) is 4.79 Å². The number of hydrogen-bond acceptors (Lipinski definition) is 2. The molecule has 27 heavy (non-hydrogen) atoms. The Kier molecular flexibility index (Phi) is 5.45. The molecule has 0 spiro atoms. The average molecular weight is 368 g/mol. The second-order valence-electron chi connectivity index (χ2n) is 6.21. The highest BCUT2D eigenvalue weighted by molar-refractivity contribution is 6.00. The van der Waals surface area contributed by atoms with Gasteiger partial charge in [0, 0.05) is 5.56 Å². The first-order chi connectivity index (χ1) is 12.9. The zero-order valence-corrected chi connectivity index (χ0v) is 14.6. The lowest BCUT2D eigenvalue weighted by Crippen LogP contribution is -2.38. The fourth-order valence-electron chi connectivity index (χ4n) is 2.75. The van der Waals surface area contributed by atoms with Crippen molar-refractivity contribution < 1.29 is 18.4 Å². The van der Waals surface area contributed by atoms with E-state index in [9.17, 15) is 18.4 Å². The molecule has 0 aliphatic rings. The number of fused-ring (bicyclic) bond motifs is 1. The van der Waals surface area contributed by atoms with Crippen molar-refractivity contribution in [3.05, 3.63) is 83.4 Å². The Morgan fingerprint density at radius 2 is 1.67 bits per heavy atom. The molecule has 0 radical (unpaired) electrons. The van der Waals surface area contributed by atoms with Gasteiger partial charge in [0.15, 0.2) is 11.6 Å². The van der Waals surface area contributed by atoms with Gasteiger partial charge in [-0.05, 0) is 47.5 Å². The molecule has 0 bridgehead atoms. The standard InChI is InChI=1S/C21H18F2N2O2/c1-13(15-8-9-18(22)19(23)11-15)25-20(26)12-24-21(27)17-7-6-14-4-2-3-5-16(14)10-17/h2-11,13H,12H2,1H3,(H,24,27)(H,25,26). The maximum atomic E-state index is 13.3. The number of benzene rings is 3. The lowest BCUT2D eigenvalue weighted by atomic mass is 10.1. The van der Waals surface area contributed by atoms with E-state index in [4.69, 9.17) is 0 Å². The molecule has 3 rings (SSSR count). The molecule has 0 aliphatic heterocycles. The minimum Gasteiger partial charge on any atom is -0.348 e. The summed E-state index contributed by atoms with van der Waals surface area (Å²) in [7, 11) is 0. The van der Waals surface area contributed by atoms with Crippen molar-refractivity contribution in [2.24, 2.45) is 0 Å². The quantitative estimate of drug-likeness (QED) is 0.721. The van der Waals surface area contributed by atoms with Gasteiger partial charge in [-0.3, -0.25) is 9.59 Å². The van der Waals surface area contributed by atoms with E-state index >= 15 is 0 Å². The van der Waals surface area contributed by atoms with Gasteiger partial charge in [-0.2, -0.15) is 0 Å². The molecule has 4 nitrogen and oxygen atoms in total. The number of carbonyl (C=O) groups is 2. The minimum absolute atomic E-state index is 0.223. The van der Waals surface area contributed by atoms with E-state index in [2.05, 4.69) is 10.6 Å². The maximum absolute atomic E-state index is 13.3. The van der Waals surface area contributed by atoms with Crippen LogP contribution in [0.3, 0.4) is 0 Å². The Balaban J connectivity index is 1.57. The Hall–Kier alpha value is -3.28. The first-order valence-electron chi connectivity index (χ1n) is 8.45. The zero-order chi connectivity index (χ0) is 19.4. The summed E-state index contributed by atoms with van der Waals surface area (Å²) in [6.07, 6.45) is 0. The number of rotatable bonds is 5. The summed E-state index contributed by atoms with van der Waals surface area (Å²) in [5, 5.41) is 7.14. The van der Waals surface area contributed by atoms with E-state index in [-0.39, 0.29) is 12.5 Å². The van der Waals surface area contributed by atoms with Crippen LogP contribution >= 0.6 is 0 Å². The topological polar surface area (TPSA) is 58.2 Å². The van der Waals surface area contributed by atoms with Gasteiger partial charge in [-0.1, -0.05) is 36.4 Å². The maximum Gasteiger partial charge on any atom is 0.251 e. The Bertz CT molecular complexity index is 1000. The summed E-state index contributed by atoms with van der Waals surface area (Å²) >= 11 is 0. The van der Waals surface area contributed by atoms with Crippen LogP contribution in [0.15, 0.2) is 60.7 Å². The third kappa shape index (κ3) is 4.47. The van der Waals surface area contributed by atoms with Crippen molar-refractivity contribution in [3.63, 3.8) is 0 Å². The fraction of sp³-hybridized carbons (Fsp3) is 0.143. The molecule has 0 aliphatic carbocycles. The monoisotopic (exact) mass is 368 g/mol. The zero-order valence-electron chi connectivity index (χ0n) is 14.6. The number of carbonyl (C=O) groups excluding carboxylic acids is 2. The van der Waals surface area contributed by atoms with E-state index in [0.29, 0.717) is 11.1 Å². The smallest absolute Gasteiger partial charge is 0.251 e. The molecule has 1 atom stereocenters. The van der Waals surface area contributed by atoms with Crippen molar-refractivity contribution in [3.8, 4) is 0 Å². The van der Waals surface area contributed by atoms with Gasteiger partial charge in [-0.15, -0.1) is 0 Å². The number of halogens is 2. The van der Waals surface area contributed by atoms with E-state index in [1.54, 1.807) is 19.1 Å². The van der Waals surface area contributed by atoms with Crippen LogP contribution in [-0.4, -0.2) is 18.4 Å². The van der Waals surface area contributed by atoms with E-state index < -0.39 is 23.6 Å². The van der Waals surface area contributed by atoms with E-state index in [1.807, 2.05) is 30.3 Å². The predicted molar refractivity (Wildman–Crippen MR) is 99.2 cm³/mol. The highest BCUT2D eigenvalue weighted by atomic mass is 19.2. The fourth-order valence-corrected chi connectivity index (χ4v) is 2.75. The molecule has 1 unspecified atom stereocenters. The SMILES string of the molecule is CC(NC(=O)CNC(=O)c1ccc2ccccc2c1)c1ccc(F)c(F)c1. The molecule has 0 saturated heterocycles. The van der Waals surface area contributed by atoms with Gasteiger partial charge in [0.2, 0.25) is 5.91 Å². The van der Waals surface area contributed by atoms with Gasteiger partial charge < -0.3 is 10.6 Å². The van der Waals surface area contributed by atoms with Gasteiger partial charge in [0.1, 0.15) is 0 Å². The number of amides is 2. The van der Waals surface area contributed by atoms with Crippen molar-refractivity contribution in [2.75, 3.05) is 6.54 Å². The van der Waals surface area contributed by atoms with Crippen LogP contribution in [0.25, 0.3) is 10.8 Å². The molecule has 2 amide bonds. The molecule has 0 fully saturated rings. The van der Waals surface area contributed by atoms with Crippen molar-refractivity contribution >= 4 is 22.6 Å². The summed E-state index contributed by atoms with van der Waals surface area (Å²) in [4.78, 5) is 24.3. The van der Waals surface area contributed by atoms with Crippen LogP contribution in [0.5, 0.6) is 0 Å². The van der Waals surface area contributed by atoms with Crippen molar-refractivity contribution in [2.45, 2.75) is 13.0 Å². The predicted octanol–water partition coefficient (Wildman–Crippen LogP) is 3.73. The molecule has 138 valence electrons. The van der Waals surface area contributed by atoms with Gasteiger partial charge in [0.05, 0.1) is 12.6 Å². The summed E-state index contributed by atoms with van der Waals surface area (Å²) < 4.78 is 26.3. The molecule has 3 aromatic carbocycles. The highest BCUT2D eigenvalue weighted by Crippen LogP contribution is 2.16. The summed E-state index contributed by atoms with van der Waals surface area (Å²) in [5.74, 6) is -2.71. The molecule has 0 aromatic heterocycles. The summed E-state index contributed by atoms with van der Waals surface area (Å²) in [6, 6.07) is 15.9. The summed E-state index contributed by atoms with van der Waals surface area (Å²) in [6.45, 7) is 1.43. The highest BCUT2D eigenvalue weighted by Gasteiger charge is 2.13. The number of hydrogen-bond donors (Lipinski definition) is 2. The van der Waals surface area contributed by atoms with Crippen LogP contribution in [0, 0.1) is 11.6 Å². The van der Waals surface area contributed by atoms with Crippen LogP contribution in [0.2, 0.25) is 0 Å². The summed E-state index contributed by atoms with van der Waals surface area (Å²) in [5.41, 5.74) is 0.887. The first kappa shape index (κ1) is 18.5. The molecule has 0 heterocycles. The first-order valence-corrected chi connectivity index (χ1v) is 8.45. The normalized spacial score (nSPS) is 11.8. The van der Waals surface area contributed by atoms with Crippen LogP contribution < -0.4 is 10.6 Å².